The SMILES string of the molecule is Br.C=CCN(CCCCCCCCCCCCCC)CC(O)O. The Morgan fingerprint density at radius 3 is 1.65 bits per heavy atom. The number of aliphatic hydroxyl groups excluding tert-OH is 1. The molecule has 0 aromatic rings. The second kappa shape index (κ2) is 20.1. The summed E-state index contributed by atoms with van der Waals surface area (Å²) in [5.41, 5.74) is 0. The van der Waals surface area contributed by atoms with Crippen molar-refractivity contribution in [2.45, 2.75) is 90.3 Å². The second-order valence-electron chi connectivity index (χ2n) is 6.42. The van der Waals surface area contributed by atoms with Crippen molar-refractivity contribution in [3.63, 3.8) is 0 Å². The number of unbranched alkanes of at least 4 members (excludes halogenated alkanes) is 11. The Morgan fingerprint density at radius 2 is 1.26 bits per heavy atom. The molecule has 3 nitrogen and oxygen atoms in total. The Balaban J connectivity index is 0. The summed E-state index contributed by atoms with van der Waals surface area (Å²) < 4.78 is 0. The van der Waals surface area contributed by atoms with Gasteiger partial charge in [0.15, 0.2) is 6.29 Å². The van der Waals surface area contributed by atoms with E-state index in [0.29, 0.717) is 6.54 Å². The number of halogens is 1. The zero-order chi connectivity index (χ0) is 16.5. The first-order valence-electron chi connectivity index (χ1n) is 9.40. The van der Waals surface area contributed by atoms with Gasteiger partial charge in [0.05, 0.1) is 0 Å². The first kappa shape index (κ1) is 25.3. The van der Waals surface area contributed by atoms with Crippen molar-refractivity contribution in [3.05, 3.63) is 12.7 Å². The van der Waals surface area contributed by atoms with Gasteiger partial charge in [0.2, 0.25) is 0 Å². The molecule has 0 atom stereocenters. The van der Waals surface area contributed by atoms with Gasteiger partial charge in [0, 0.05) is 13.1 Å². The Bertz CT molecular complexity index is 237. The Hall–Kier alpha value is 0.1000. The highest BCUT2D eigenvalue weighted by atomic mass is 79.9. The lowest BCUT2D eigenvalue weighted by Crippen LogP contribution is -2.33. The van der Waals surface area contributed by atoms with Crippen LogP contribution in [0.2, 0.25) is 0 Å². The summed E-state index contributed by atoms with van der Waals surface area (Å²) in [6, 6.07) is 0. The highest BCUT2D eigenvalue weighted by Gasteiger charge is 2.06. The summed E-state index contributed by atoms with van der Waals surface area (Å²) in [5.74, 6) is 0. The Kier molecular flexibility index (Phi) is 22.2. The van der Waals surface area contributed by atoms with Gasteiger partial charge >= 0.3 is 0 Å². The topological polar surface area (TPSA) is 43.7 Å². The van der Waals surface area contributed by atoms with E-state index in [9.17, 15) is 0 Å². The van der Waals surface area contributed by atoms with Gasteiger partial charge in [-0.3, -0.25) is 4.90 Å². The third kappa shape index (κ3) is 20.1. The van der Waals surface area contributed by atoms with Crippen LogP contribution < -0.4 is 0 Å². The van der Waals surface area contributed by atoms with Crippen LogP contribution in [0.3, 0.4) is 0 Å². The lowest BCUT2D eigenvalue weighted by molar-refractivity contribution is -0.0596. The van der Waals surface area contributed by atoms with E-state index in [0.717, 1.165) is 19.5 Å². The van der Waals surface area contributed by atoms with E-state index in [4.69, 9.17) is 10.2 Å². The summed E-state index contributed by atoms with van der Waals surface area (Å²) >= 11 is 0. The minimum Gasteiger partial charge on any atom is -0.367 e. The molecule has 0 saturated heterocycles. The van der Waals surface area contributed by atoms with Crippen molar-refractivity contribution in [1.29, 1.82) is 0 Å². The molecule has 2 N–H and O–H groups in total. The molecule has 0 unspecified atom stereocenters. The van der Waals surface area contributed by atoms with Crippen molar-refractivity contribution in [2.75, 3.05) is 19.6 Å². The minimum absolute atomic E-state index is 0. The van der Waals surface area contributed by atoms with Crippen molar-refractivity contribution < 1.29 is 10.2 Å². The van der Waals surface area contributed by atoms with Crippen LogP contribution in [0, 0.1) is 0 Å². The van der Waals surface area contributed by atoms with Crippen LogP contribution in [0.1, 0.15) is 84.0 Å². The van der Waals surface area contributed by atoms with Gasteiger partial charge < -0.3 is 10.2 Å². The predicted octanol–water partition coefficient (Wildman–Crippen LogP) is 5.06. The first-order valence-corrected chi connectivity index (χ1v) is 9.40. The molecule has 0 saturated carbocycles. The smallest absolute Gasteiger partial charge is 0.164 e. The normalized spacial score (nSPS) is 11.0. The molecule has 0 heterocycles. The van der Waals surface area contributed by atoms with Crippen LogP contribution >= 0.6 is 17.0 Å². The lowest BCUT2D eigenvalue weighted by Gasteiger charge is -2.21. The maximum Gasteiger partial charge on any atom is 0.164 e. The first-order chi connectivity index (χ1) is 10.7. The quantitative estimate of drug-likeness (QED) is 0.206. The molecule has 0 spiro atoms. The van der Waals surface area contributed by atoms with E-state index in [1.54, 1.807) is 0 Å². The highest BCUT2D eigenvalue weighted by Crippen LogP contribution is 2.12. The molecule has 0 fully saturated rings. The van der Waals surface area contributed by atoms with E-state index in [-0.39, 0.29) is 17.0 Å². The van der Waals surface area contributed by atoms with E-state index in [2.05, 4.69) is 13.5 Å². The van der Waals surface area contributed by atoms with Crippen molar-refractivity contribution in [3.8, 4) is 0 Å². The average Bonchev–Trinajstić information content (AvgIpc) is 2.48. The fourth-order valence-corrected chi connectivity index (χ4v) is 2.85. The molecule has 4 heteroatoms. The summed E-state index contributed by atoms with van der Waals surface area (Å²) in [6.07, 6.45) is 16.8. The van der Waals surface area contributed by atoms with Gasteiger partial charge in [-0.25, -0.2) is 0 Å². The molecule has 0 aliphatic rings. The van der Waals surface area contributed by atoms with Crippen LogP contribution in [0.5, 0.6) is 0 Å². The van der Waals surface area contributed by atoms with E-state index in [1.165, 1.54) is 70.6 Å². The Labute approximate surface area is 154 Å². The van der Waals surface area contributed by atoms with E-state index in [1.807, 2.05) is 11.0 Å². The van der Waals surface area contributed by atoms with Crippen molar-refractivity contribution in [2.24, 2.45) is 0 Å². The van der Waals surface area contributed by atoms with Gasteiger partial charge in [-0.05, 0) is 13.0 Å². The monoisotopic (exact) mass is 393 g/mol. The summed E-state index contributed by atoms with van der Waals surface area (Å²) in [5, 5.41) is 18.0. The van der Waals surface area contributed by atoms with Crippen molar-refractivity contribution >= 4 is 17.0 Å². The standard InChI is InChI=1S/C19H39NO2.BrH/c1-3-5-6-7-8-9-10-11-12-13-14-15-17-20(16-4-2)18-19(21)22;/h4,19,21-22H,2-3,5-18H2,1H3;1H. The summed E-state index contributed by atoms with van der Waals surface area (Å²) in [7, 11) is 0. The molecular weight excluding hydrogens is 354 g/mol. The van der Waals surface area contributed by atoms with Crippen molar-refractivity contribution in [1.82, 2.24) is 4.90 Å². The largest absolute Gasteiger partial charge is 0.367 e. The Morgan fingerprint density at radius 1 is 0.826 bits per heavy atom. The van der Waals surface area contributed by atoms with Gasteiger partial charge in [-0.2, -0.15) is 0 Å². The number of rotatable bonds is 17. The molecule has 0 aliphatic carbocycles. The van der Waals surface area contributed by atoms with Gasteiger partial charge in [-0.15, -0.1) is 23.6 Å². The lowest BCUT2D eigenvalue weighted by atomic mass is 10.1. The molecule has 23 heavy (non-hydrogen) atoms. The molecule has 0 aliphatic heterocycles. The predicted molar refractivity (Wildman–Crippen MR) is 106 cm³/mol. The molecule has 0 rings (SSSR count). The molecular formula is C19H40BrNO2. The van der Waals surface area contributed by atoms with E-state index >= 15 is 0 Å². The maximum absolute atomic E-state index is 9.02. The molecule has 0 aromatic carbocycles. The minimum atomic E-state index is -1.24. The maximum atomic E-state index is 9.02. The third-order valence-corrected chi connectivity index (χ3v) is 4.14. The zero-order valence-corrected chi connectivity index (χ0v) is 16.9. The van der Waals surface area contributed by atoms with Crippen LogP contribution in [0.15, 0.2) is 12.7 Å². The molecule has 0 bridgehead atoms. The highest BCUT2D eigenvalue weighted by molar-refractivity contribution is 8.93. The van der Waals surface area contributed by atoms with Crippen LogP contribution in [0.4, 0.5) is 0 Å². The zero-order valence-electron chi connectivity index (χ0n) is 15.2. The van der Waals surface area contributed by atoms with Crippen LogP contribution in [-0.2, 0) is 0 Å². The fraction of sp³-hybridized carbons (Fsp3) is 0.895. The number of hydrogen-bond donors (Lipinski definition) is 2. The number of hydrogen-bond acceptors (Lipinski definition) is 3. The molecule has 0 aromatic heterocycles. The van der Waals surface area contributed by atoms with E-state index < -0.39 is 6.29 Å². The summed E-state index contributed by atoms with van der Waals surface area (Å²) in [6.45, 7) is 7.97. The molecule has 140 valence electrons. The molecule has 0 amide bonds. The fourth-order valence-electron chi connectivity index (χ4n) is 2.85. The van der Waals surface area contributed by atoms with Gasteiger partial charge in [0.25, 0.3) is 0 Å². The second-order valence-corrected chi connectivity index (χ2v) is 6.42. The average molecular weight is 394 g/mol. The third-order valence-electron chi connectivity index (χ3n) is 4.14. The number of nitrogens with zero attached hydrogens (tertiary/aromatic N) is 1. The summed E-state index contributed by atoms with van der Waals surface area (Å²) in [4.78, 5) is 2.05. The van der Waals surface area contributed by atoms with Crippen LogP contribution in [-0.4, -0.2) is 41.0 Å². The van der Waals surface area contributed by atoms with Crippen LogP contribution in [0.25, 0.3) is 0 Å². The number of aliphatic hydroxyl groups is 2. The van der Waals surface area contributed by atoms with Gasteiger partial charge in [0.1, 0.15) is 0 Å². The molecule has 0 radical (unpaired) electrons. The van der Waals surface area contributed by atoms with Gasteiger partial charge in [-0.1, -0.05) is 83.6 Å².